The summed E-state index contributed by atoms with van der Waals surface area (Å²) in [7, 11) is 0. The summed E-state index contributed by atoms with van der Waals surface area (Å²) in [5.41, 5.74) is 4.05. The van der Waals surface area contributed by atoms with Gasteiger partial charge in [-0.1, -0.05) is 62.7 Å². The number of benzene rings is 2. The fourth-order valence-electron chi connectivity index (χ4n) is 5.85. The highest BCUT2D eigenvalue weighted by Gasteiger charge is 2.53. The Morgan fingerprint density at radius 3 is 2.21 bits per heavy atom. The van der Waals surface area contributed by atoms with E-state index in [0.29, 0.717) is 26.1 Å². The number of guanidine groups is 1. The molecule has 4 aromatic rings. The van der Waals surface area contributed by atoms with Crippen LogP contribution in [0.15, 0.2) is 66.2 Å². The molecule has 3 N–H and O–H groups in total. The minimum absolute atomic E-state index is 0.0625. The zero-order chi connectivity index (χ0) is 39.0. The second-order valence-electron chi connectivity index (χ2n) is 14.1. The van der Waals surface area contributed by atoms with Gasteiger partial charge < -0.3 is 15.8 Å². The average molecular weight is 768 g/mol. The van der Waals surface area contributed by atoms with E-state index in [9.17, 15) is 35.9 Å². The number of alkyl halides is 6. The minimum atomic E-state index is -2.99. The first kappa shape index (κ1) is 39.1. The van der Waals surface area contributed by atoms with Gasteiger partial charge in [0.25, 0.3) is 12.3 Å². The molecule has 0 unspecified atom stereocenters. The monoisotopic (exact) mass is 767 g/mol. The predicted molar refractivity (Wildman–Crippen MR) is 182 cm³/mol. The van der Waals surface area contributed by atoms with Gasteiger partial charge in [-0.15, -0.1) is 5.10 Å². The Labute approximate surface area is 305 Å². The highest BCUT2D eigenvalue weighted by atomic mass is 35.5. The van der Waals surface area contributed by atoms with Crippen molar-refractivity contribution >= 4 is 29.6 Å². The van der Waals surface area contributed by atoms with Crippen molar-refractivity contribution in [3.8, 4) is 22.5 Å². The number of hydrogen-bond donors (Lipinski definition) is 2. The Morgan fingerprint density at radius 1 is 0.981 bits per heavy atom. The number of carbonyl (C=O) groups excluding carboxylic acids is 2. The smallest absolute Gasteiger partial charge is 0.407 e. The molecule has 0 saturated carbocycles. The highest BCUT2D eigenvalue weighted by molar-refractivity contribution is 6.33. The van der Waals surface area contributed by atoms with Crippen LogP contribution < -0.4 is 11.1 Å². The third-order valence-electron chi connectivity index (χ3n) is 8.39. The molecule has 2 amide bonds. The summed E-state index contributed by atoms with van der Waals surface area (Å²) in [6.45, 7) is 1.39. The number of nitrogens with one attached hydrogen (secondary N) is 1. The van der Waals surface area contributed by atoms with E-state index in [2.05, 4.69) is 20.5 Å². The molecule has 3 heterocycles. The van der Waals surface area contributed by atoms with E-state index in [0.717, 1.165) is 25.1 Å². The largest absolute Gasteiger partial charge is 0.447 e. The first-order valence-electron chi connectivity index (χ1n) is 16.1. The van der Waals surface area contributed by atoms with Gasteiger partial charge in [-0.25, -0.2) is 28.2 Å². The standard InChI is InChI=1S/C34H36ClF6N9O3/c1-32(2,3)16-34(21-9-6-18(7-10-21)20-13-44-48(14-20)28(38)39)27(51)50(30(42)45-34)24(15-53-31(52)46-33(4,5)26(36)37)19-8-11-23(35)22(12-19)25-43-17-49(47-25)29(40)41/h6-14,17,24,26,28-29H,15-16H2,1-5H3,(H2,42,45)(H,46,52)/t24-,34-/m1/s1. The third kappa shape index (κ3) is 8.26. The number of carbonyl (C=O) groups is 2. The van der Waals surface area contributed by atoms with E-state index >= 15 is 0 Å². The molecule has 0 bridgehead atoms. The molecule has 53 heavy (non-hydrogen) atoms. The molecule has 5 rings (SSSR count). The summed E-state index contributed by atoms with van der Waals surface area (Å²) in [6.07, 6.45) is -0.777. The fourth-order valence-corrected chi connectivity index (χ4v) is 6.05. The van der Waals surface area contributed by atoms with E-state index in [1.807, 2.05) is 20.8 Å². The molecule has 0 radical (unpaired) electrons. The lowest BCUT2D eigenvalue weighted by atomic mass is 9.75. The quantitative estimate of drug-likeness (QED) is 0.142. The topological polar surface area (TPSA) is 146 Å². The lowest BCUT2D eigenvalue weighted by Gasteiger charge is -2.35. The molecule has 284 valence electrons. The van der Waals surface area contributed by atoms with E-state index < -0.39 is 60.7 Å². The Balaban J connectivity index is 1.57. The van der Waals surface area contributed by atoms with Gasteiger partial charge in [-0.05, 0) is 54.5 Å². The molecule has 0 fully saturated rings. The fraction of sp³-hybridized carbons (Fsp3) is 0.412. The molecule has 0 aliphatic carbocycles. The van der Waals surface area contributed by atoms with E-state index in [4.69, 9.17) is 27.1 Å². The van der Waals surface area contributed by atoms with Crippen molar-refractivity contribution in [3.63, 3.8) is 0 Å². The lowest BCUT2D eigenvalue weighted by Crippen LogP contribution is -2.50. The van der Waals surface area contributed by atoms with E-state index in [1.165, 1.54) is 30.6 Å². The van der Waals surface area contributed by atoms with Crippen LogP contribution >= 0.6 is 11.6 Å². The van der Waals surface area contributed by atoms with Crippen molar-refractivity contribution in [1.82, 2.24) is 34.8 Å². The average Bonchev–Trinajstić information content (AvgIpc) is 3.81. The number of nitrogens with two attached hydrogens (primary N) is 1. The van der Waals surface area contributed by atoms with Gasteiger partial charge >= 0.3 is 19.2 Å². The third-order valence-corrected chi connectivity index (χ3v) is 8.72. The normalized spacial score (nSPS) is 17.2. The van der Waals surface area contributed by atoms with Crippen LogP contribution in [0, 0.1) is 5.41 Å². The van der Waals surface area contributed by atoms with Crippen molar-refractivity contribution < 1.29 is 40.7 Å². The van der Waals surface area contributed by atoms with E-state index in [1.54, 1.807) is 24.3 Å². The predicted octanol–water partition coefficient (Wildman–Crippen LogP) is 7.55. The second kappa shape index (κ2) is 14.7. The van der Waals surface area contributed by atoms with Crippen molar-refractivity contribution in [3.05, 3.63) is 77.3 Å². The first-order chi connectivity index (χ1) is 24.7. The number of ether oxygens (including phenoxy) is 1. The number of aliphatic imine (C=N–C) groups is 1. The number of hydrogen-bond acceptors (Lipinski definition) is 8. The number of halogens is 7. The Hall–Kier alpha value is -5.13. The Kier molecular flexibility index (Phi) is 10.9. The SMILES string of the molecule is CC(C)(C)C[C@]1(c2ccc(-c3cnn(C(F)F)c3)cc2)N=C(N)N([C@H](COC(=O)NC(C)(C)C(F)F)c2ccc(Cl)c(-c3ncn(C(F)F)n3)c2)C1=O. The maximum Gasteiger partial charge on any atom is 0.407 e. The molecule has 2 aromatic heterocycles. The Bertz CT molecular complexity index is 2000. The molecule has 2 aromatic carbocycles. The molecule has 0 spiro atoms. The van der Waals surface area contributed by atoms with E-state index in [-0.39, 0.29) is 34.4 Å². The molecule has 1 aliphatic rings. The number of rotatable bonds is 12. The zero-order valence-corrected chi connectivity index (χ0v) is 29.8. The van der Waals surface area contributed by atoms with Crippen molar-refractivity contribution in [2.24, 2.45) is 16.1 Å². The highest BCUT2D eigenvalue weighted by Crippen LogP contribution is 2.45. The molecular weight excluding hydrogens is 732 g/mol. The molecule has 19 heteroatoms. The van der Waals surface area contributed by atoms with Crippen LogP contribution in [0.5, 0.6) is 0 Å². The Morgan fingerprint density at radius 2 is 1.64 bits per heavy atom. The maximum atomic E-state index is 14.9. The lowest BCUT2D eigenvalue weighted by molar-refractivity contribution is -0.135. The molecule has 1 aliphatic heterocycles. The van der Waals surface area contributed by atoms with Crippen molar-refractivity contribution in [2.45, 2.75) is 77.7 Å². The summed E-state index contributed by atoms with van der Waals surface area (Å²) in [5, 5.41) is 9.60. The van der Waals surface area contributed by atoms with Gasteiger partial charge in [-0.3, -0.25) is 9.69 Å². The number of alkyl carbamates (subject to hydrolysis) is 1. The summed E-state index contributed by atoms with van der Waals surface area (Å²) >= 11 is 6.43. The number of aromatic nitrogens is 5. The first-order valence-corrected chi connectivity index (χ1v) is 16.4. The summed E-state index contributed by atoms with van der Waals surface area (Å²) < 4.78 is 86.3. The molecule has 12 nitrogen and oxygen atoms in total. The molecule has 0 saturated heterocycles. The van der Waals surface area contributed by atoms with Crippen LogP contribution in [0.25, 0.3) is 22.5 Å². The number of amides is 2. The molecular formula is C34H36ClF6N9O3. The summed E-state index contributed by atoms with van der Waals surface area (Å²) in [5.74, 6) is -1.09. The maximum absolute atomic E-state index is 14.9. The molecule has 2 atom stereocenters. The minimum Gasteiger partial charge on any atom is -0.447 e. The van der Waals surface area contributed by atoms with Crippen LogP contribution in [0.1, 0.15) is 71.3 Å². The van der Waals surface area contributed by atoms with Crippen LogP contribution in [0.2, 0.25) is 5.02 Å². The van der Waals surface area contributed by atoms with Gasteiger partial charge in [0.1, 0.15) is 12.9 Å². The van der Waals surface area contributed by atoms with Crippen molar-refractivity contribution in [1.29, 1.82) is 0 Å². The van der Waals surface area contributed by atoms with Crippen LogP contribution in [-0.4, -0.2) is 66.0 Å². The van der Waals surface area contributed by atoms with Crippen molar-refractivity contribution in [2.75, 3.05) is 6.61 Å². The van der Waals surface area contributed by atoms with Crippen LogP contribution in [-0.2, 0) is 15.1 Å². The second-order valence-corrected chi connectivity index (χ2v) is 14.5. The van der Waals surface area contributed by atoms with Crippen LogP contribution in [0.3, 0.4) is 0 Å². The van der Waals surface area contributed by atoms with Gasteiger partial charge in [0.05, 0.1) is 22.8 Å². The van der Waals surface area contributed by atoms with Gasteiger partial charge in [-0.2, -0.15) is 27.3 Å². The van der Waals surface area contributed by atoms with Crippen LogP contribution in [0.4, 0.5) is 31.1 Å². The van der Waals surface area contributed by atoms with Gasteiger partial charge in [0.2, 0.25) is 0 Å². The number of nitrogens with zero attached hydrogens (tertiary/aromatic N) is 7. The summed E-state index contributed by atoms with van der Waals surface area (Å²) in [4.78, 5) is 37.4. The van der Waals surface area contributed by atoms with Gasteiger partial charge in [0, 0.05) is 17.3 Å². The zero-order valence-electron chi connectivity index (χ0n) is 29.1. The summed E-state index contributed by atoms with van der Waals surface area (Å²) in [6, 6.07) is 9.51. The van der Waals surface area contributed by atoms with Gasteiger partial charge in [0.15, 0.2) is 17.3 Å².